The second-order valence-electron chi connectivity index (χ2n) is 3.12. The molecule has 0 aromatic rings. The van der Waals surface area contributed by atoms with Gasteiger partial charge in [-0.05, 0) is 0 Å². The predicted octanol–water partition coefficient (Wildman–Crippen LogP) is -1.63. The third-order valence-corrected chi connectivity index (χ3v) is 3.59. The van der Waals surface area contributed by atoms with Crippen LogP contribution in [0.25, 0.3) is 0 Å². The number of nitrogens with zero attached hydrogens (tertiary/aromatic N) is 2. The molecule has 1 atom stereocenters. The number of nitriles is 1. The van der Waals surface area contributed by atoms with Crippen molar-refractivity contribution in [2.24, 2.45) is 0 Å². The molecule has 1 aliphatic rings. The first-order valence-corrected chi connectivity index (χ1v) is 6.94. The van der Waals surface area contributed by atoms with Crippen LogP contribution in [0.5, 0.6) is 0 Å². The molecular weight excluding hydrogens is 270 g/mol. The first-order chi connectivity index (χ1) is 7.86. The van der Waals surface area contributed by atoms with E-state index in [2.05, 4.69) is 5.32 Å². The summed E-state index contributed by atoms with van der Waals surface area (Å²) in [6, 6.07) is 0.912. The van der Waals surface area contributed by atoms with E-state index in [-0.39, 0.29) is 22.4 Å². The van der Waals surface area contributed by atoms with Crippen LogP contribution in [0.15, 0.2) is 0 Å². The third-order valence-electron chi connectivity index (χ3n) is 1.91. The normalized spacial score (nSPS) is 19.4. The highest BCUT2D eigenvalue weighted by atomic mass is 32.2. The molecule has 2 amide bonds. The molecule has 0 aromatic carbocycles. The Hall–Kier alpha value is -1.31. The third kappa shape index (κ3) is 3.58. The molecular formula is C7H9N3O5S2. The molecule has 0 radical (unpaired) electrons. The van der Waals surface area contributed by atoms with Gasteiger partial charge >= 0.3 is 10.3 Å². The van der Waals surface area contributed by atoms with Crippen LogP contribution in [-0.2, 0) is 19.9 Å². The van der Waals surface area contributed by atoms with Crippen molar-refractivity contribution in [3.05, 3.63) is 0 Å². The summed E-state index contributed by atoms with van der Waals surface area (Å²) in [5.41, 5.74) is 0. The fourth-order valence-corrected chi connectivity index (χ4v) is 2.29. The van der Waals surface area contributed by atoms with Crippen LogP contribution in [-0.4, -0.2) is 53.2 Å². The Bertz CT molecular complexity index is 468. The molecule has 1 heterocycles. The van der Waals surface area contributed by atoms with E-state index in [4.69, 9.17) is 9.81 Å². The van der Waals surface area contributed by atoms with Crippen molar-refractivity contribution in [1.82, 2.24) is 9.62 Å². The first kappa shape index (κ1) is 13.8. The Morgan fingerprint density at radius 2 is 2.35 bits per heavy atom. The van der Waals surface area contributed by atoms with E-state index in [0.29, 0.717) is 0 Å². The van der Waals surface area contributed by atoms with E-state index >= 15 is 0 Å². The number of carbonyl (C=O) groups excluding carboxylic acids is 2. The molecule has 94 valence electrons. The molecule has 0 unspecified atom stereocenters. The Morgan fingerprint density at radius 3 is 2.82 bits per heavy atom. The van der Waals surface area contributed by atoms with Crippen molar-refractivity contribution in [2.45, 2.75) is 6.04 Å². The number of carbonyl (C=O) groups is 2. The van der Waals surface area contributed by atoms with Crippen LogP contribution < -0.4 is 5.32 Å². The summed E-state index contributed by atoms with van der Waals surface area (Å²) in [5, 5.41) is 10.5. The summed E-state index contributed by atoms with van der Waals surface area (Å²) in [7, 11) is -4.52. The van der Waals surface area contributed by atoms with Gasteiger partial charge in [-0.2, -0.15) is 13.7 Å². The van der Waals surface area contributed by atoms with Gasteiger partial charge < -0.3 is 5.32 Å². The average Bonchev–Trinajstić information content (AvgIpc) is 2.21. The maximum atomic E-state index is 11.2. The minimum absolute atomic E-state index is 0.0171. The maximum absolute atomic E-state index is 11.2. The maximum Gasteiger partial charge on any atom is 0.362 e. The summed E-state index contributed by atoms with van der Waals surface area (Å²) in [5.74, 6) is -1.16. The van der Waals surface area contributed by atoms with E-state index in [0.717, 1.165) is 11.8 Å². The fraction of sp³-hybridized carbons (Fsp3) is 0.571. The number of rotatable bonds is 5. The van der Waals surface area contributed by atoms with Gasteiger partial charge in [-0.1, -0.05) is 0 Å². The smallest absolute Gasteiger partial charge is 0.342 e. The van der Waals surface area contributed by atoms with E-state index in [1.165, 1.54) is 0 Å². The minimum atomic E-state index is -4.52. The van der Waals surface area contributed by atoms with Crippen molar-refractivity contribution in [3.8, 4) is 6.07 Å². The van der Waals surface area contributed by atoms with Gasteiger partial charge in [0.1, 0.15) is 6.04 Å². The van der Waals surface area contributed by atoms with Crippen LogP contribution in [0.1, 0.15) is 0 Å². The van der Waals surface area contributed by atoms with Gasteiger partial charge in [0.2, 0.25) is 5.91 Å². The van der Waals surface area contributed by atoms with Gasteiger partial charge in [-0.3, -0.25) is 14.1 Å². The van der Waals surface area contributed by atoms with Crippen LogP contribution in [0, 0.1) is 11.3 Å². The molecule has 0 saturated carbocycles. The lowest BCUT2D eigenvalue weighted by Gasteiger charge is -2.35. The minimum Gasteiger partial charge on any atom is -0.342 e. The number of nitrogens with one attached hydrogen (secondary N) is 1. The van der Waals surface area contributed by atoms with Crippen LogP contribution in [0.3, 0.4) is 0 Å². The molecule has 1 rings (SSSR count). The van der Waals surface area contributed by atoms with E-state index in [1.807, 2.05) is 6.07 Å². The lowest BCUT2D eigenvalue weighted by molar-refractivity contribution is -0.140. The Kier molecular flexibility index (Phi) is 4.33. The van der Waals surface area contributed by atoms with Crippen molar-refractivity contribution < 1.29 is 22.6 Å². The monoisotopic (exact) mass is 279 g/mol. The van der Waals surface area contributed by atoms with Gasteiger partial charge in [-0.25, -0.2) is 4.31 Å². The first-order valence-electron chi connectivity index (χ1n) is 4.39. The molecule has 0 bridgehead atoms. The summed E-state index contributed by atoms with van der Waals surface area (Å²) >= 11 is 1.08. The van der Waals surface area contributed by atoms with Crippen molar-refractivity contribution in [3.63, 3.8) is 0 Å². The van der Waals surface area contributed by atoms with Crippen molar-refractivity contribution >= 4 is 33.9 Å². The second kappa shape index (κ2) is 5.35. The number of β-lactam (4-membered cyclic amide) rings is 1. The highest BCUT2D eigenvalue weighted by molar-refractivity contribution is 8.00. The van der Waals surface area contributed by atoms with Crippen LogP contribution >= 0.6 is 11.8 Å². The molecule has 10 heteroatoms. The second-order valence-corrected chi connectivity index (χ2v) is 5.44. The van der Waals surface area contributed by atoms with Crippen molar-refractivity contribution in [1.29, 1.82) is 5.26 Å². The van der Waals surface area contributed by atoms with Gasteiger partial charge in [0.05, 0.1) is 24.1 Å². The zero-order valence-electron chi connectivity index (χ0n) is 8.49. The number of amides is 2. The average molecular weight is 279 g/mol. The standard InChI is InChI=1S/C7H9N3O5S2/c8-1-2-16-4-6(11)9-5-3-10(7(5)12)17(13,14)15/h5H,2-4H2,(H,9,11)(H,13,14,15)/t5-/m0/s1. The SMILES string of the molecule is N#CCSCC(=O)N[C@H]1CN(S(=O)(=O)O)C1=O. The molecule has 17 heavy (non-hydrogen) atoms. The molecule has 1 fully saturated rings. The molecule has 2 N–H and O–H groups in total. The quantitative estimate of drug-likeness (QED) is 0.351. The molecule has 1 saturated heterocycles. The lowest BCUT2D eigenvalue weighted by Crippen LogP contribution is -2.65. The van der Waals surface area contributed by atoms with Gasteiger partial charge in [0.15, 0.2) is 0 Å². The van der Waals surface area contributed by atoms with Gasteiger partial charge in [0.25, 0.3) is 5.91 Å². The summed E-state index contributed by atoms with van der Waals surface area (Å²) < 4.78 is 30.0. The van der Waals surface area contributed by atoms with Crippen LogP contribution in [0.4, 0.5) is 0 Å². The predicted molar refractivity (Wildman–Crippen MR) is 58.1 cm³/mol. The Morgan fingerprint density at radius 1 is 1.71 bits per heavy atom. The highest BCUT2D eigenvalue weighted by Crippen LogP contribution is 2.14. The molecule has 1 aliphatic heterocycles. The Balaban J connectivity index is 2.35. The largest absolute Gasteiger partial charge is 0.362 e. The molecule has 0 aliphatic carbocycles. The molecule has 0 aromatic heterocycles. The number of thioether (sulfide) groups is 1. The summed E-state index contributed by atoms with van der Waals surface area (Å²) in [6.07, 6.45) is 0. The van der Waals surface area contributed by atoms with E-state index in [9.17, 15) is 18.0 Å². The fourth-order valence-electron chi connectivity index (χ4n) is 1.14. The lowest BCUT2D eigenvalue weighted by atomic mass is 10.1. The zero-order chi connectivity index (χ0) is 13.1. The summed E-state index contributed by atoms with van der Waals surface area (Å²) in [4.78, 5) is 22.4. The van der Waals surface area contributed by atoms with Crippen LogP contribution in [0.2, 0.25) is 0 Å². The zero-order valence-corrected chi connectivity index (χ0v) is 10.1. The highest BCUT2D eigenvalue weighted by Gasteiger charge is 2.44. The summed E-state index contributed by atoms with van der Waals surface area (Å²) in [6.45, 7) is -0.272. The number of hydrogen-bond donors (Lipinski definition) is 2. The Labute approximate surface area is 102 Å². The molecule has 8 nitrogen and oxygen atoms in total. The molecule has 0 spiro atoms. The van der Waals surface area contributed by atoms with E-state index < -0.39 is 28.2 Å². The van der Waals surface area contributed by atoms with Crippen molar-refractivity contribution in [2.75, 3.05) is 18.1 Å². The number of hydrogen-bond acceptors (Lipinski definition) is 6. The van der Waals surface area contributed by atoms with E-state index in [1.54, 1.807) is 0 Å². The van der Waals surface area contributed by atoms with Gasteiger partial charge in [0, 0.05) is 0 Å². The van der Waals surface area contributed by atoms with Gasteiger partial charge in [-0.15, -0.1) is 11.8 Å². The topological polar surface area (TPSA) is 128 Å².